The third kappa shape index (κ3) is 4.70. The van der Waals surface area contributed by atoms with Gasteiger partial charge in [0.1, 0.15) is 0 Å². The highest BCUT2D eigenvalue weighted by molar-refractivity contribution is 5.76. The third-order valence-corrected chi connectivity index (χ3v) is 3.70. The summed E-state index contributed by atoms with van der Waals surface area (Å²) in [6, 6.07) is -0.282. The highest BCUT2D eigenvalue weighted by Crippen LogP contribution is 2.25. The molecule has 1 saturated heterocycles. The first-order valence-electron chi connectivity index (χ1n) is 6.58. The van der Waals surface area contributed by atoms with Crippen LogP contribution >= 0.6 is 0 Å². The fourth-order valence-corrected chi connectivity index (χ4v) is 2.08. The van der Waals surface area contributed by atoms with Crippen LogP contribution in [0, 0.1) is 0 Å². The molecule has 1 rings (SSSR count). The molecule has 2 amide bonds. The van der Waals surface area contributed by atoms with Crippen LogP contribution in [0.5, 0.6) is 0 Å². The van der Waals surface area contributed by atoms with E-state index in [1.807, 2.05) is 27.7 Å². The van der Waals surface area contributed by atoms with E-state index in [1.165, 1.54) is 0 Å². The quantitative estimate of drug-likeness (QED) is 0.707. The third-order valence-electron chi connectivity index (χ3n) is 3.70. The van der Waals surface area contributed by atoms with Crippen molar-refractivity contribution in [3.8, 4) is 0 Å². The molecule has 6 heteroatoms. The molecule has 0 aromatic carbocycles. The van der Waals surface area contributed by atoms with Crippen molar-refractivity contribution in [2.45, 2.75) is 64.1 Å². The number of nitrogens with one attached hydrogen (secondary N) is 2. The highest BCUT2D eigenvalue weighted by Gasteiger charge is 2.38. The van der Waals surface area contributed by atoms with E-state index in [4.69, 9.17) is 9.84 Å². The summed E-state index contributed by atoms with van der Waals surface area (Å²) >= 11 is 0. The Balaban J connectivity index is 2.48. The molecule has 1 aliphatic heterocycles. The number of amides is 2. The Morgan fingerprint density at radius 1 is 1.47 bits per heavy atom. The minimum Gasteiger partial charge on any atom is -0.481 e. The van der Waals surface area contributed by atoms with Gasteiger partial charge in [-0.3, -0.25) is 4.79 Å². The minimum atomic E-state index is -0.861. The van der Waals surface area contributed by atoms with Gasteiger partial charge in [-0.1, -0.05) is 0 Å². The van der Waals surface area contributed by atoms with Crippen molar-refractivity contribution in [3.63, 3.8) is 0 Å². The first-order valence-corrected chi connectivity index (χ1v) is 6.58. The normalized spacial score (nSPS) is 27.1. The summed E-state index contributed by atoms with van der Waals surface area (Å²) in [5.74, 6) is -0.861. The number of carbonyl (C=O) groups is 2. The Morgan fingerprint density at radius 2 is 2.11 bits per heavy atom. The molecular weight excluding hydrogens is 248 g/mol. The number of aliphatic carboxylic acids is 1. The van der Waals surface area contributed by atoms with E-state index in [1.54, 1.807) is 0 Å². The van der Waals surface area contributed by atoms with E-state index >= 15 is 0 Å². The molecule has 0 bridgehead atoms. The van der Waals surface area contributed by atoms with Gasteiger partial charge in [-0.2, -0.15) is 0 Å². The van der Waals surface area contributed by atoms with Crippen molar-refractivity contribution < 1.29 is 19.4 Å². The maximum absolute atomic E-state index is 12.0. The molecule has 110 valence electrons. The molecule has 1 aliphatic rings. The Morgan fingerprint density at radius 3 is 2.58 bits per heavy atom. The molecule has 0 radical (unpaired) electrons. The predicted octanol–water partition coefficient (Wildman–Crippen LogP) is 1.50. The summed E-state index contributed by atoms with van der Waals surface area (Å²) in [6.45, 7) is 8.15. The fourth-order valence-electron chi connectivity index (χ4n) is 2.08. The first-order chi connectivity index (χ1) is 8.65. The van der Waals surface area contributed by atoms with Crippen molar-refractivity contribution in [2.24, 2.45) is 0 Å². The summed E-state index contributed by atoms with van der Waals surface area (Å²) in [5, 5.41) is 14.4. The van der Waals surface area contributed by atoms with Gasteiger partial charge < -0.3 is 20.5 Å². The Bertz CT molecular complexity index is 357. The van der Waals surface area contributed by atoms with Crippen molar-refractivity contribution in [1.29, 1.82) is 0 Å². The first kappa shape index (κ1) is 15.8. The fraction of sp³-hybridized carbons (Fsp3) is 0.846. The number of hydrogen-bond donors (Lipinski definition) is 3. The lowest BCUT2D eigenvalue weighted by Gasteiger charge is -2.32. The van der Waals surface area contributed by atoms with E-state index in [0.29, 0.717) is 13.0 Å². The van der Waals surface area contributed by atoms with Crippen molar-refractivity contribution in [2.75, 3.05) is 6.61 Å². The predicted molar refractivity (Wildman–Crippen MR) is 71.1 cm³/mol. The van der Waals surface area contributed by atoms with Crippen molar-refractivity contribution in [3.05, 3.63) is 0 Å². The molecule has 19 heavy (non-hydrogen) atoms. The van der Waals surface area contributed by atoms with Gasteiger partial charge >= 0.3 is 12.0 Å². The second kappa shape index (κ2) is 5.77. The number of carbonyl (C=O) groups excluding carboxylic acids is 1. The molecule has 3 N–H and O–H groups in total. The minimum absolute atomic E-state index is 0.0274. The molecule has 1 fully saturated rings. The number of carboxylic acid groups (broad SMARTS) is 1. The van der Waals surface area contributed by atoms with Crippen LogP contribution in [0.25, 0.3) is 0 Å². The highest BCUT2D eigenvalue weighted by atomic mass is 16.5. The number of ether oxygens (including phenoxy) is 1. The van der Waals surface area contributed by atoms with Crippen molar-refractivity contribution >= 4 is 12.0 Å². The van der Waals surface area contributed by atoms with Crippen LogP contribution in [-0.4, -0.2) is 40.9 Å². The van der Waals surface area contributed by atoms with Crippen LogP contribution in [-0.2, 0) is 9.53 Å². The summed E-state index contributed by atoms with van der Waals surface area (Å²) in [6.07, 6.45) is 1.17. The lowest BCUT2D eigenvalue weighted by molar-refractivity contribution is -0.137. The average molecular weight is 272 g/mol. The zero-order valence-corrected chi connectivity index (χ0v) is 12.1. The van der Waals surface area contributed by atoms with Gasteiger partial charge in [0.05, 0.1) is 11.6 Å². The van der Waals surface area contributed by atoms with Crippen LogP contribution in [0.15, 0.2) is 0 Å². The zero-order valence-electron chi connectivity index (χ0n) is 12.1. The molecule has 2 unspecified atom stereocenters. The molecule has 2 atom stereocenters. The second-order valence-corrected chi connectivity index (χ2v) is 6.04. The Kier molecular flexibility index (Phi) is 4.79. The van der Waals surface area contributed by atoms with Crippen LogP contribution < -0.4 is 10.6 Å². The maximum atomic E-state index is 12.0. The Labute approximate surface area is 113 Å². The van der Waals surface area contributed by atoms with Gasteiger partial charge in [0.15, 0.2) is 0 Å². The molecule has 0 aromatic rings. The number of carboxylic acids is 1. The van der Waals surface area contributed by atoms with Crippen LogP contribution in [0.2, 0.25) is 0 Å². The SMILES string of the molecule is CC1OCCC1(C)NC(=O)NC(C)(C)CCC(=O)O. The van der Waals surface area contributed by atoms with E-state index in [9.17, 15) is 9.59 Å². The van der Waals surface area contributed by atoms with Crippen molar-refractivity contribution in [1.82, 2.24) is 10.6 Å². The van der Waals surface area contributed by atoms with Crippen LogP contribution in [0.3, 0.4) is 0 Å². The lowest BCUT2D eigenvalue weighted by Crippen LogP contribution is -2.57. The number of rotatable bonds is 5. The molecule has 0 aromatic heterocycles. The van der Waals surface area contributed by atoms with Gasteiger partial charge in [0, 0.05) is 18.6 Å². The van der Waals surface area contributed by atoms with Gasteiger partial charge in [0.25, 0.3) is 0 Å². The van der Waals surface area contributed by atoms with Gasteiger partial charge in [-0.25, -0.2) is 4.79 Å². The van der Waals surface area contributed by atoms with Gasteiger partial charge in [-0.05, 0) is 40.5 Å². The van der Waals surface area contributed by atoms with Gasteiger partial charge in [0.2, 0.25) is 0 Å². The molecule has 0 aliphatic carbocycles. The van der Waals surface area contributed by atoms with Crippen LogP contribution in [0.1, 0.15) is 47.0 Å². The van der Waals surface area contributed by atoms with E-state index in [-0.39, 0.29) is 24.1 Å². The smallest absolute Gasteiger partial charge is 0.315 e. The molecule has 1 heterocycles. The van der Waals surface area contributed by atoms with E-state index < -0.39 is 11.5 Å². The summed E-state index contributed by atoms with van der Waals surface area (Å²) in [5.41, 5.74) is -0.922. The molecule has 6 nitrogen and oxygen atoms in total. The summed E-state index contributed by atoms with van der Waals surface area (Å²) in [4.78, 5) is 22.5. The largest absolute Gasteiger partial charge is 0.481 e. The molecule has 0 saturated carbocycles. The maximum Gasteiger partial charge on any atom is 0.315 e. The lowest BCUT2D eigenvalue weighted by atomic mass is 9.94. The standard InChI is InChI=1S/C13H24N2O4/c1-9-13(4,7-8-19-9)15-11(18)14-12(2,3)6-5-10(16)17/h9H,5-8H2,1-4H3,(H,16,17)(H2,14,15,18). The second-order valence-electron chi connectivity index (χ2n) is 6.04. The van der Waals surface area contributed by atoms with Crippen LogP contribution in [0.4, 0.5) is 4.79 Å². The van der Waals surface area contributed by atoms with Gasteiger partial charge in [-0.15, -0.1) is 0 Å². The monoisotopic (exact) mass is 272 g/mol. The number of hydrogen-bond acceptors (Lipinski definition) is 3. The van der Waals surface area contributed by atoms with E-state index in [2.05, 4.69) is 10.6 Å². The summed E-state index contributed by atoms with van der Waals surface area (Å²) in [7, 11) is 0. The Hall–Kier alpha value is -1.30. The van der Waals surface area contributed by atoms with E-state index in [0.717, 1.165) is 6.42 Å². The zero-order chi connectivity index (χ0) is 14.7. The molecular formula is C13H24N2O4. The molecule has 0 spiro atoms. The summed E-state index contributed by atoms with van der Waals surface area (Å²) < 4.78 is 5.46. The average Bonchev–Trinajstić information content (AvgIpc) is 2.55. The number of urea groups is 1. The topological polar surface area (TPSA) is 87.7 Å².